The van der Waals surface area contributed by atoms with Gasteiger partial charge in [0.05, 0.1) is 16.8 Å². The number of hydrogen-bond donors (Lipinski definition) is 1. The fourth-order valence-corrected chi connectivity index (χ4v) is 3.03. The Kier molecular flexibility index (Phi) is 4.42. The summed E-state index contributed by atoms with van der Waals surface area (Å²) in [5, 5.41) is 6.01. The third kappa shape index (κ3) is 3.32. The maximum Gasteiger partial charge on any atom is 0.147 e. The zero-order chi connectivity index (χ0) is 17.9. The molecule has 0 bridgehead atoms. The number of para-hydroxylation sites is 1. The van der Waals surface area contributed by atoms with E-state index in [0.717, 1.165) is 22.0 Å². The highest BCUT2D eigenvalue weighted by atomic mass is 35.5. The van der Waals surface area contributed by atoms with Gasteiger partial charge in [-0.2, -0.15) is 5.10 Å². The molecule has 1 N–H and O–H groups in total. The Morgan fingerprint density at radius 3 is 2.73 bits per heavy atom. The second-order valence-corrected chi connectivity index (χ2v) is 6.30. The predicted molar refractivity (Wildman–Crippen MR) is 107 cm³/mol. The van der Waals surface area contributed by atoms with Crippen molar-refractivity contribution in [3.63, 3.8) is 0 Å². The van der Waals surface area contributed by atoms with Crippen molar-refractivity contribution in [2.75, 3.05) is 5.43 Å². The first-order valence-corrected chi connectivity index (χ1v) is 8.59. The molecule has 128 valence electrons. The highest BCUT2D eigenvalue weighted by Gasteiger charge is 2.07. The fourth-order valence-electron chi connectivity index (χ4n) is 2.80. The molecule has 0 radical (unpaired) electrons. The Morgan fingerprint density at radius 1 is 1.04 bits per heavy atom. The Balaban J connectivity index is 1.52. The summed E-state index contributed by atoms with van der Waals surface area (Å²) in [5.41, 5.74) is 5.89. The van der Waals surface area contributed by atoms with Crippen LogP contribution in [0.4, 0.5) is 5.82 Å². The minimum absolute atomic E-state index is 0.630. The van der Waals surface area contributed by atoms with Gasteiger partial charge >= 0.3 is 0 Å². The average Bonchev–Trinajstić information content (AvgIpc) is 3.11. The molecule has 2 aromatic carbocycles. The van der Waals surface area contributed by atoms with E-state index in [-0.39, 0.29) is 0 Å². The van der Waals surface area contributed by atoms with Crippen LogP contribution in [0.3, 0.4) is 0 Å². The number of nitrogens with zero attached hydrogens (tertiary/aromatic N) is 2. The lowest BCUT2D eigenvalue weighted by molar-refractivity contribution is 0.575. The molecule has 4 aromatic rings. The van der Waals surface area contributed by atoms with Crippen molar-refractivity contribution in [1.82, 2.24) is 4.98 Å². The molecule has 2 heterocycles. The van der Waals surface area contributed by atoms with Crippen molar-refractivity contribution < 1.29 is 4.42 Å². The number of anilines is 1. The summed E-state index contributed by atoms with van der Waals surface area (Å²) in [6, 6.07) is 21.3. The molecular formula is C21H16ClN3O. The van der Waals surface area contributed by atoms with E-state index < -0.39 is 0 Å². The first-order chi connectivity index (χ1) is 12.7. The number of aryl methyl sites for hydroxylation is 1. The van der Waals surface area contributed by atoms with Crippen LogP contribution >= 0.6 is 11.6 Å². The minimum Gasteiger partial charge on any atom is -0.455 e. The van der Waals surface area contributed by atoms with Crippen LogP contribution in [0.5, 0.6) is 0 Å². The Hall–Kier alpha value is -3.11. The molecule has 0 aliphatic carbocycles. The van der Waals surface area contributed by atoms with Crippen molar-refractivity contribution in [2.24, 2.45) is 5.10 Å². The summed E-state index contributed by atoms with van der Waals surface area (Å²) in [6.07, 6.45) is 1.62. The fraction of sp³-hybridized carbons (Fsp3) is 0.0476. The molecule has 0 spiro atoms. The molecule has 0 saturated carbocycles. The van der Waals surface area contributed by atoms with Crippen LogP contribution in [0.25, 0.3) is 22.2 Å². The van der Waals surface area contributed by atoms with Gasteiger partial charge in [-0.15, -0.1) is 0 Å². The van der Waals surface area contributed by atoms with Gasteiger partial charge < -0.3 is 4.42 Å². The summed E-state index contributed by atoms with van der Waals surface area (Å²) in [4.78, 5) is 4.56. The third-order valence-corrected chi connectivity index (χ3v) is 4.39. The minimum atomic E-state index is 0.630. The van der Waals surface area contributed by atoms with Crippen LogP contribution in [0.2, 0.25) is 5.02 Å². The van der Waals surface area contributed by atoms with Crippen molar-refractivity contribution in [3.05, 3.63) is 83.1 Å². The smallest absolute Gasteiger partial charge is 0.147 e. The molecule has 0 amide bonds. The molecule has 26 heavy (non-hydrogen) atoms. The monoisotopic (exact) mass is 361 g/mol. The van der Waals surface area contributed by atoms with E-state index >= 15 is 0 Å². The van der Waals surface area contributed by atoms with Gasteiger partial charge in [0.2, 0.25) is 0 Å². The van der Waals surface area contributed by atoms with E-state index in [0.29, 0.717) is 22.4 Å². The number of nitrogens with one attached hydrogen (secondary N) is 1. The molecule has 0 aliphatic heterocycles. The third-order valence-electron chi connectivity index (χ3n) is 4.06. The molecule has 5 heteroatoms. The highest BCUT2D eigenvalue weighted by molar-refractivity contribution is 6.33. The number of fused-ring (bicyclic) bond motifs is 1. The van der Waals surface area contributed by atoms with E-state index in [1.807, 2.05) is 60.7 Å². The predicted octanol–water partition coefficient (Wildman–Crippen LogP) is 5.90. The maximum atomic E-state index is 6.20. The van der Waals surface area contributed by atoms with Crippen molar-refractivity contribution >= 4 is 34.5 Å². The summed E-state index contributed by atoms with van der Waals surface area (Å²) < 4.78 is 5.79. The average molecular weight is 362 g/mol. The van der Waals surface area contributed by atoms with Gasteiger partial charge in [0.15, 0.2) is 0 Å². The Bertz CT molecular complexity index is 1100. The van der Waals surface area contributed by atoms with Crippen molar-refractivity contribution in [2.45, 2.75) is 6.92 Å². The number of halogens is 1. The number of rotatable bonds is 4. The lowest BCUT2D eigenvalue weighted by atomic mass is 10.1. The van der Waals surface area contributed by atoms with E-state index in [2.05, 4.69) is 28.5 Å². The first kappa shape index (κ1) is 16.4. The molecular weight excluding hydrogens is 346 g/mol. The first-order valence-electron chi connectivity index (χ1n) is 8.21. The van der Waals surface area contributed by atoms with E-state index in [9.17, 15) is 0 Å². The molecule has 0 saturated heterocycles. The van der Waals surface area contributed by atoms with Gasteiger partial charge in [-0.3, -0.25) is 5.43 Å². The number of furan rings is 1. The summed E-state index contributed by atoms with van der Waals surface area (Å²) >= 11 is 6.20. The summed E-state index contributed by atoms with van der Waals surface area (Å²) in [7, 11) is 0. The van der Waals surface area contributed by atoms with Crippen LogP contribution in [-0.4, -0.2) is 11.2 Å². The standard InChI is InChI=1S/C21H16ClN3O/c1-14-12-21(24-19-9-5-3-6-16(14)19)25-23-13-15-10-11-20(26-15)17-7-2-4-8-18(17)22/h2-13H,1H3,(H,24,25). The van der Waals surface area contributed by atoms with Crippen molar-refractivity contribution in [3.8, 4) is 11.3 Å². The Morgan fingerprint density at radius 2 is 1.85 bits per heavy atom. The zero-order valence-electron chi connectivity index (χ0n) is 14.1. The largest absolute Gasteiger partial charge is 0.455 e. The summed E-state index contributed by atoms with van der Waals surface area (Å²) in [5.74, 6) is 2.02. The van der Waals surface area contributed by atoms with E-state index in [4.69, 9.17) is 16.0 Å². The topological polar surface area (TPSA) is 50.4 Å². The number of hydrazone groups is 1. The van der Waals surface area contributed by atoms with Crippen LogP contribution in [0, 0.1) is 6.92 Å². The van der Waals surface area contributed by atoms with Gasteiger partial charge in [-0.05, 0) is 48.9 Å². The molecule has 4 rings (SSSR count). The van der Waals surface area contributed by atoms with Crippen LogP contribution in [0.15, 0.2) is 76.2 Å². The lowest BCUT2D eigenvalue weighted by Crippen LogP contribution is -1.95. The number of benzene rings is 2. The number of hydrogen-bond acceptors (Lipinski definition) is 4. The molecule has 0 fully saturated rings. The number of aromatic nitrogens is 1. The molecule has 2 aromatic heterocycles. The van der Waals surface area contributed by atoms with Gasteiger partial charge in [-0.1, -0.05) is 41.9 Å². The molecule has 0 unspecified atom stereocenters. The van der Waals surface area contributed by atoms with Crippen LogP contribution < -0.4 is 5.43 Å². The lowest BCUT2D eigenvalue weighted by Gasteiger charge is -2.05. The van der Waals surface area contributed by atoms with Crippen molar-refractivity contribution in [1.29, 1.82) is 0 Å². The maximum absolute atomic E-state index is 6.20. The van der Waals surface area contributed by atoms with Gasteiger partial charge in [-0.25, -0.2) is 4.98 Å². The summed E-state index contributed by atoms with van der Waals surface area (Å²) in [6.45, 7) is 2.06. The van der Waals surface area contributed by atoms with Gasteiger partial charge in [0, 0.05) is 10.9 Å². The molecule has 4 nitrogen and oxygen atoms in total. The van der Waals surface area contributed by atoms with Crippen LogP contribution in [0.1, 0.15) is 11.3 Å². The second kappa shape index (κ2) is 7.02. The molecule has 0 aliphatic rings. The van der Waals surface area contributed by atoms with Crippen LogP contribution in [-0.2, 0) is 0 Å². The van der Waals surface area contributed by atoms with E-state index in [1.165, 1.54) is 0 Å². The second-order valence-electron chi connectivity index (χ2n) is 5.89. The normalized spacial score (nSPS) is 11.3. The Labute approximate surface area is 156 Å². The quantitative estimate of drug-likeness (QED) is 0.363. The zero-order valence-corrected chi connectivity index (χ0v) is 14.9. The molecule has 0 atom stereocenters. The van der Waals surface area contributed by atoms with E-state index in [1.54, 1.807) is 6.21 Å². The number of pyridine rings is 1. The SMILES string of the molecule is Cc1cc(NN=Cc2ccc(-c3ccccc3Cl)o2)nc2ccccc12. The van der Waals surface area contributed by atoms with Gasteiger partial charge in [0.25, 0.3) is 0 Å². The highest BCUT2D eigenvalue weighted by Crippen LogP contribution is 2.28. The van der Waals surface area contributed by atoms with Gasteiger partial charge in [0.1, 0.15) is 17.3 Å².